The van der Waals surface area contributed by atoms with Gasteiger partial charge in [0.15, 0.2) is 0 Å². The summed E-state index contributed by atoms with van der Waals surface area (Å²) in [6.45, 7) is 4.59. The second kappa shape index (κ2) is 5.12. The van der Waals surface area contributed by atoms with E-state index >= 15 is 0 Å². The molecule has 0 aliphatic carbocycles. The van der Waals surface area contributed by atoms with E-state index in [9.17, 15) is 0 Å². The molecule has 3 atom stereocenters. The lowest BCUT2D eigenvalue weighted by molar-refractivity contribution is 0.0290. The van der Waals surface area contributed by atoms with Crippen LogP contribution in [-0.4, -0.2) is 19.0 Å². The second-order valence-electron chi connectivity index (χ2n) is 6.96. The van der Waals surface area contributed by atoms with Crippen molar-refractivity contribution in [1.82, 2.24) is 0 Å². The van der Waals surface area contributed by atoms with Gasteiger partial charge in [0.05, 0.1) is 11.1 Å². The molecule has 0 N–H and O–H groups in total. The van der Waals surface area contributed by atoms with E-state index in [2.05, 4.69) is 79.5 Å². The standard InChI is InChI=1S/C20H22N2O/c1-14-13-20(2)18(15-9-5-4-6-10-15)21-23-19(20)22(3)17-12-8-7-11-16(14)17/h4-12,14,19H,13H2,1-3H3/t14-,19+,20+/m0/s1. The van der Waals surface area contributed by atoms with Gasteiger partial charge in [-0.1, -0.05) is 60.6 Å². The van der Waals surface area contributed by atoms with Crippen LogP contribution in [0.15, 0.2) is 59.8 Å². The lowest BCUT2D eigenvalue weighted by Crippen LogP contribution is -2.46. The second-order valence-corrected chi connectivity index (χ2v) is 6.96. The SMILES string of the molecule is C[C@H]1C[C@]2(C)C(c3ccccc3)=NO[C@H]2N(C)c2ccccc21. The Hall–Kier alpha value is -2.29. The number of hydrogen-bond donors (Lipinski definition) is 0. The Kier molecular flexibility index (Phi) is 3.19. The summed E-state index contributed by atoms with van der Waals surface area (Å²) >= 11 is 0. The van der Waals surface area contributed by atoms with E-state index in [0.29, 0.717) is 5.92 Å². The number of oxime groups is 1. The van der Waals surface area contributed by atoms with Gasteiger partial charge in [0.1, 0.15) is 0 Å². The fourth-order valence-corrected chi connectivity index (χ4v) is 4.21. The quantitative estimate of drug-likeness (QED) is 0.780. The van der Waals surface area contributed by atoms with Crippen molar-refractivity contribution in [3.63, 3.8) is 0 Å². The van der Waals surface area contributed by atoms with Gasteiger partial charge in [0.25, 0.3) is 0 Å². The highest BCUT2D eigenvalue weighted by molar-refractivity contribution is 6.05. The van der Waals surface area contributed by atoms with E-state index in [1.54, 1.807) is 0 Å². The molecule has 0 bridgehead atoms. The largest absolute Gasteiger partial charge is 0.369 e. The molecule has 0 fully saturated rings. The maximum Gasteiger partial charge on any atom is 0.210 e. The highest BCUT2D eigenvalue weighted by atomic mass is 16.7. The van der Waals surface area contributed by atoms with Crippen molar-refractivity contribution < 1.29 is 4.84 Å². The molecule has 0 unspecified atom stereocenters. The molecule has 2 aromatic rings. The first-order valence-corrected chi connectivity index (χ1v) is 8.23. The van der Waals surface area contributed by atoms with Gasteiger partial charge in [-0.3, -0.25) is 0 Å². The van der Waals surface area contributed by atoms with Gasteiger partial charge in [-0.2, -0.15) is 0 Å². The maximum atomic E-state index is 5.94. The number of hydrogen-bond acceptors (Lipinski definition) is 3. The molecule has 0 saturated carbocycles. The molecule has 2 aliphatic rings. The van der Waals surface area contributed by atoms with E-state index in [-0.39, 0.29) is 11.6 Å². The first-order chi connectivity index (χ1) is 11.1. The van der Waals surface area contributed by atoms with Crippen molar-refractivity contribution >= 4 is 11.4 Å². The number of fused-ring (bicyclic) bond motifs is 2. The molecule has 3 nitrogen and oxygen atoms in total. The zero-order chi connectivity index (χ0) is 16.0. The first-order valence-electron chi connectivity index (χ1n) is 8.23. The predicted molar refractivity (Wildman–Crippen MR) is 93.8 cm³/mol. The molecule has 3 heteroatoms. The monoisotopic (exact) mass is 306 g/mol. The topological polar surface area (TPSA) is 24.8 Å². The maximum absolute atomic E-state index is 5.94. The Labute approximate surface area is 137 Å². The average Bonchev–Trinajstić information content (AvgIpc) is 2.88. The molecule has 0 radical (unpaired) electrons. The summed E-state index contributed by atoms with van der Waals surface area (Å²) in [5, 5.41) is 4.50. The molecule has 0 amide bonds. The fraction of sp³-hybridized carbons (Fsp3) is 0.350. The number of para-hydroxylation sites is 1. The van der Waals surface area contributed by atoms with Crippen molar-refractivity contribution in [3.05, 3.63) is 65.7 Å². The predicted octanol–water partition coefficient (Wildman–Crippen LogP) is 4.40. The Morgan fingerprint density at radius 1 is 1.09 bits per heavy atom. The molecule has 23 heavy (non-hydrogen) atoms. The van der Waals surface area contributed by atoms with Gasteiger partial charge in [-0.05, 0) is 30.9 Å². The number of benzene rings is 2. The van der Waals surface area contributed by atoms with Gasteiger partial charge in [0.2, 0.25) is 6.23 Å². The number of rotatable bonds is 1. The lowest BCUT2D eigenvalue weighted by atomic mass is 9.73. The summed E-state index contributed by atoms with van der Waals surface area (Å²) in [6.07, 6.45) is 0.955. The minimum absolute atomic E-state index is 0.0659. The molecule has 2 aliphatic heterocycles. The smallest absolute Gasteiger partial charge is 0.210 e. The van der Waals surface area contributed by atoms with Crippen LogP contribution in [0.1, 0.15) is 37.3 Å². The Morgan fingerprint density at radius 2 is 1.78 bits per heavy atom. The van der Waals surface area contributed by atoms with Gasteiger partial charge in [-0.15, -0.1) is 0 Å². The summed E-state index contributed by atoms with van der Waals surface area (Å²) in [4.78, 5) is 8.19. The zero-order valence-corrected chi connectivity index (χ0v) is 13.9. The van der Waals surface area contributed by atoms with Crippen LogP contribution >= 0.6 is 0 Å². The lowest BCUT2D eigenvalue weighted by Gasteiger charge is -2.35. The highest BCUT2D eigenvalue weighted by Crippen LogP contribution is 2.49. The molecule has 0 aromatic heterocycles. The molecule has 0 saturated heterocycles. The van der Waals surface area contributed by atoms with Crippen LogP contribution in [0.3, 0.4) is 0 Å². The van der Waals surface area contributed by atoms with Crippen LogP contribution in [0.4, 0.5) is 5.69 Å². The van der Waals surface area contributed by atoms with Crippen LogP contribution in [0.5, 0.6) is 0 Å². The third-order valence-corrected chi connectivity index (χ3v) is 5.31. The van der Waals surface area contributed by atoms with E-state index in [0.717, 1.165) is 17.7 Å². The minimum atomic E-state index is -0.130. The summed E-state index contributed by atoms with van der Waals surface area (Å²) in [6, 6.07) is 19.1. The molecule has 2 aromatic carbocycles. The van der Waals surface area contributed by atoms with Gasteiger partial charge in [0, 0.05) is 18.3 Å². The molecular formula is C20H22N2O. The zero-order valence-electron chi connectivity index (χ0n) is 13.9. The Balaban J connectivity index is 1.81. The van der Waals surface area contributed by atoms with E-state index in [1.807, 2.05) is 6.07 Å². The van der Waals surface area contributed by atoms with Crippen LogP contribution in [0.2, 0.25) is 0 Å². The summed E-state index contributed by atoms with van der Waals surface area (Å²) < 4.78 is 0. The van der Waals surface area contributed by atoms with Crippen molar-refractivity contribution in [1.29, 1.82) is 0 Å². The van der Waals surface area contributed by atoms with Crippen molar-refractivity contribution in [2.45, 2.75) is 32.4 Å². The summed E-state index contributed by atoms with van der Waals surface area (Å²) in [5.41, 5.74) is 4.73. The van der Waals surface area contributed by atoms with E-state index < -0.39 is 0 Å². The third kappa shape index (κ3) is 2.07. The molecular weight excluding hydrogens is 284 g/mol. The molecule has 2 heterocycles. The van der Waals surface area contributed by atoms with Crippen molar-refractivity contribution in [3.8, 4) is 0 Å². The molecule has 118 valence electrons. The third-order valence-electron chi connectivity index (χ3n) is 5.31. The van der Waals surface area contributed by atoms with Gasteiger partial charge >= 0.3 is 0 Å². The van der Waals surface area contributed by atoms with Crippen LogP contribution in [0.25, 0.3) is 0 Å². The number of nitrogens with zero attached hydrogens (tertiary/aromatic N) is 2. The summed E-state index contributed by atoms with van der Waals surface area (Å²) in [7, 11) is 2.11. The highest BCUT2D eigenvalue weighted by Gasteiger charge is 2.51. The fourth-order valence-electron chi connectivity index (χ4n) is 4.21. The van der Waals surface area contributed by atoms with E-state index in [4.69, 9.17) is 4.84 Å². The molecule has 0 spiro atoms. The van der Waals surface area contributed by atoms with Crippen LogP contribution in [0, 0.1) is 5.41 Å². The first kappa shape index (κ1) is 14.3. The van der Waals surface area contributed by atoms with Gasteiger partial charge in [-0.25, -0.2) is 0 Å². The summed E-state index contributed by atoms with van der Waals surface area (Å²) in [5.74, 6) is 0.458. The minimum Gasteiger partial charge on any atom is -0.369 e. The Morgan fingerprint density at radius 3 is 2.57 bits per heavy atom. The Bertz CT molecular complexity index is 755. The average molecular weight is 306 g/mol. The van der Waals surface area contributed by atoms with Crippen molar-refractivity contribution in [2.24, 2.45) is 10.6 Å². The van der Waals surface area contributed by atoms with Gasteiger partial charge < -0.3 is 9.74 Å². The number of anilines is 1. The molecule has 4 rings (SSSR count). The van der Waals surface area contributed by atoms with Crippen LogP contribution < -0.4 is 4.90 Å². The van der Waals surface area contributed by atoms with Crippen LogP contribution in [-0.2, 0) is 4.84 Å². The van der Waals surface area contributed by atoms with Crippen molar-refractivity contribution in [2.75, 3.05) is 11.9 Å². The van der Waals surface area contributed by atoms with E-state index in [1.165, 1.54) is 11.3 Å². The normalized spacial score (nSPS) is 29.2.